The zero-order valence-electron chi connectivity index (χ0n) is 27.6. The molecule has 0 radical (unpaired) electrons. The summed E-state index contributed by atoms with van der Waals surface area (Å²) in [5, 5.41) is 7.39. The van der Waals surface area contributed by atoms with Crippen LogP contribution < -0.4 is 0 Å². The van der Waals surface area contributed by atoms with Crippen LogP contribution in [0.4, 0.5) is 0 Å². The lowest BCUT2D eigenvalue weighted by atomic mass is 9.82. The number of fused-ring (bicyclic) bond motifs is 9. The SMILES string of the molecule is CC1(C)c2ccccc2-c2c(Cc3cccc(-c4cccc5oc6ccc(-c7cc8ccccc8c8ccccc78)cc6c45)c3)cccc21. The molecule has 0 amide bonds. The van der Waals surface area contributed by atoms with E-state index in [1.54, 1.807) is 0 Å². The lowest BCUT2D eigenvalue weighted by molar-refractivity contribution is 0.660. The molecular weight excluding hydrogens is 593 g/mol. The summed E-state index contributed by atoms with van der Waals surface area (Å²) in [4.78, 5) is 0. The van der Waals surface area contributed by atoms with E-state index >= 15 is 0 Å². The van der Waals surface area contributed by atoms with E-state index in [0.29, 0.717) is 0 Å². The Morgan fingerprint density at radius 2 is 1.18 bits per heavy atom. The first-order valence-electron chi connectivity index (χ1n) is 17.2. The summed E-state index contributed by atoms with van der Waals surface area (Å²) in [6.07, 6.45) is 0.878. The lowest BCUT2D eigenvalue weighted by Crippen LogP contribution is -2.14. The van der Waals surface area contributed by atoms with Crippen LogP contribution in [0.2, 0.25) is 0 Å². The van der Waals surface area contributed by atoms with Crippen LogP contribution in [0.15, 0.2) is 162 Å². The van der Waals surface area contributed by atoms with Gasteiger partial charge in [-0.1, -0.05) is 147 Å². The van der Waals surface area contributed by atoms with Crippen molar-refractivity contribution in [2.75, 3.05) is 0 Å². The Morgan fingerprint density at radius 1 is 0.469 bits per heavy atom. The normalized spacial score (nSPS) is 13.3. The molecule has 0 spiro atoms. The number of rotatable bonds is 4. The molecule has 0 atom stereocenters. The monoisotopic (exact) mass is 626 g/mol. The Bertz CT molecular complexity index is 2770. The molecule has 0 fully saturated rings. The maximum Gasteiger partial charge on any atom is 0.136 e. The van der Waals surface area contributed by atoms with Crippen LogP contribution in [0.5, 0.6) is 0 Å². The van der Waals surface area contributed by atoms with Crippen LogP contribution in [-0.4, -0.2) is 0 Å². The van der Waals surface area contributed by atoms with Crippen LogP contribution in [-0.2, 0) is 11.8 Å². The fourth-order valence-electron chi connectivity index (χ4n) is 8.57. The molecular formula is C48H34O. The Balaban J connectivity index is 1.10. The number of hydrogen-bond donors (Lipinski definition) is 0. The molecule has 10 rings (SSSR count). The van der Waals surface area contributed by atoms with Crippen molar-refractivity contribution in [3.05, 3.63) is 180 Å². The van der Waals surface area contributed by atoms with Gasteiger partial charge in [0.05, 0.1) is 0 Å². The summed E-state index contributed by atoms with van der Waals surface area (Å²) >= 11 is 0. The van der Waals surface area contributed by atoms with Crippen molar-refractivity contribution in [3.63, 3.8) is 0 Å². The van der Waals surface area contributed by atoms with Gasteiger partial charge in [-0.05, 0) is 108 Å². The smallest absolute Gasteiger partial charge is 0.136 e. The summed E-state index contributed by atoms with van der Waals surface area (Å²) in [6, 6.07) is 57.8. The van der Waals surface area contributed by atoms with Gasteiger partial charge in [0.1, 0.15) is 11.2 Å². The molecule has 1 aliphatic rings. The maximum atomic E-state index is 6.49. The fraction of sp³-hybridized carbons (Fsp3) is 0.0833. The summed E-state index contributed by atoms with van der Waals surface area (Å²) in [7, 11) is 0. The Morgan fingerprint density at radius 3 is 2.10 bits per heavy atom. The van der Waals surface area contributed by atoms with Crippen LogP contribution in [0.1, 0.15) is 36.1 Å². The van der Waals surface area contributed by atoms with Gasteiger partial charge in [-0.3, -0.25) is 0 Å². The third-order valence-electron chi connectivity index (χ3n) is 10.9. The molecule has 0 saturated carbocycles. The van der Waals surface area contributed by atoms with Gasteiger partial charge in [-0.25, -0.2) is 0 Å². The minimum Gasteiger partial charge on any atom is -0.456 e. The highest BCUT2D eigenvalue weighted by molar-refractivity contribution is 6.16. The van der Waals surface area contributed by atoms with Crippen LogP contribution in [0.25, 0.3) is 76.9 Å². The number of furan rings is 1. The third kappa shape index (κ3) is 4.25. The van der Waals surface area contributed by atoms with Crippen LogP contribution in [0, 0.1) is 0 Å². The summed E-state index contributed by atoms with van der Waals surface area (Å²) in [6.45, 7) is 4.71. The van der Waals surface area contributed by atoms with Crippen molar-refractivity contribution in [1.29, 1.82) is 0 Å². The van der Waals surface area contributed by atoms with Crippen molar-refractivity contribution in [3.8, 4) is 33.4 Å². The Hall–Kier alpha value is -5.92. The molecule has 1 heteroatoms. The highest BCUT2D eigenvalue weighted by Gasteiger charge is 2.36. The van der Waals surface area contributed by atoms with E-state index in [1.165, 1.54) is 77.2 Å². The number of hydrogen-bond acceptors (Lipinski definition) is 1. The van der Waals surface area contributed by atoms with Gasteiger partial charge < -0.3 is 4.42 Å². The lowest BCUT2D eigenvalue weighted by Gasteiger charge is -2.21. The first-order valence-corrected chi connectivity index (χ1v) is 17.2. The molecule has 0 aliphatic heterocycles. The highest BCUT2D eigenvalue weighted by atomic mass is 16.3. The molecule has 8 aromatic carbocycles. The predicted molar refractivity (Wildman–Crippen MR) is 206 cm³/mol. The molecule has 232 valence electrons. The van der Waals surface area contributed by atoms with E-state index in [9.17, 15) is 0 Å². The van der Waals surface area contributed by atoms with E-state index in [1.807, 2.05) is 0 Å². The quantitative estimate of drug-likeness (QED) is 0.177. The maximum absolute atomic E-state index is 6.49. The minimum absolute atomic E-state index is 0.000240. The predicted octanol–water partition coefficient (Wildman–Crippen LogP) is 13.1. The van der Waals surface area contributed by atoms with Gasteiger partial charge in [0.25, 0.3) is 0 Å². The fourth-order valence-corrected chi connectivity index (χ4v) is 8.57. The molecule has 0 bridgehead atoms. The summed E-state index contributed by atoms with van der Waals surface area (Å²) < 4.78 is 6.49. The van der Waals surface area contributed by atoms with Crippen molar-refractivity contribution in [2.45, 2.75) is 25.7 Å². The first-order chi connectivity index (χ1) is 24.0. The van der Waals surface area contributed by atoms with Crippen LogP contribution >= 0.6 is 0 Å². The highest BCUT2D eigenvalue weighted by Crippen LogP contribution is 2.50. The van der Waals surface area contributed by atoms with Gasteiger partial charge in [-0.15, -0.1) is 0 Å². The van der Waals surface area contributed by atoms with E-state index in [0.717, 1.165) is 28.4 Å². The molecule has 1 heterocycles. The summed E-state index contributed by atoms with van der Waals surface area (Å²) in [5.74, 6) is 0. The zero-order chi connectivity index (χ0) is 32.7. The van der Waals surface area contributed by atoms with E-state index in [4.69, 9.17) is 4.42 Å². The minimum atomic E-state index is -0.000240. The second kappa shape index (κ2) is 10.5. The van der Waals surface area contributed by atoms with E-state index < -0.39 is 0 Å². The summed E-state index contributed by atoms with van der Waals surface area (Å²) in [5.41, 5.74) is 15.0. The van der Waals surface area contributed by atoms with Gasteiger partial charge in [0.2, 0.25) is 0 Å². The van der Waals surface area contributed by atoms with Gasteiger partial charge in [0, 0.05) is 16.2 Å². The molecule has 0 N–H and O–H groups in total. The first kappa shape index (κ1) is 28.1. The van der Waals surface area contributed by atoms with Crippen molar-refractivity contribution in [1.82, 2.24) is 0 Å². The van der Waals surface area contributed by atoms with Crippen LogP contribution in [0.3, 0.4) is 0 Å². The van der Waals surface area contributed by atoms with E-state index in [2.05, 4.69) is 172 Å². The van der Waals surface area contributed by atoms with Crippen molar-refractivity contribution in [2.24, 2.45) is 0 Å². The Labute approximate surface area is 286 Å². The molecule has 49 heavy (non-hydrogen) atoms. The van der Waals surface area contributed by atoms with Crippen molar-refractivity contribution < 1.29 is 4.42 Å². The second-order valence-electron chi connectivity index (χ2n) is 14.1. The molecule has 0 saturated heterocycles. The van der Waals surface area contributed by atoms with Gasteiger partial charge in [0.15, 0.2) is 0 Å². The van der Waals surface area contributed by atoms with Gasteiger partial charge >= 0.3 is 0 Å². The molecule has 1 aliphatic carbocycles. The average Bonchev–Trinajstić information content (AvgIpc) is 3.63. The molecule has 1 aromatic heterocycles. The zero-order valence-corrected chi connectivity index (χ0v) is 27.6. The van der Waals surface area contributed by atoms with E-state index in [-0.39, 0.29) is 5.41 Å². The second-order valence-corrected chi connectivity index (χ2v) is 14.1. The molecule has 1 nitrogen and oxygen atoms in total. The largest absolute Gasteiger partial charge is 0.456 e. The third-order valence-corrected chi connectivity index (χ3v) is 10.9. The molecule has 9 aromatic rings. The Kier molecular flexibility index (Phi) is 6.05. The molecule has 0 unspecified atom stereocenters. The topological polar surface area (TPSA) is 13.1 Å². The number of benzene rings is 8. The standard InChI is InChI=1S/C48H34O/c1-48(2)42-21-8-7-19-39(42)46-34(15-10-22-43(46)48)27-30-12-9-14-31(26-30)36-20-11-23-45-47(36)41-29-33(24-25-44(41)49-45)40-28-32-13-3-4-16-35(32)37-17-5-6-18-38(37)40/h3-26,28-29H,27H2,1-2H3. The average molecular weight is 627 g/mol. The van der Waals surface area contributed by atoms with Gasteiger partial charge in [-0.2, -0.15) is 0 Å². The van der Waals surface area contributed by atoms with Crippen molar-refractivity contribution >= 4 is 43.5 Å².